The monoisotopic (exact) mass is 341 g/mol. The summed E-state index contributed by atoms with van der Waals surface area (Å²) in [7, 11) is 0. The molecule has 0 aliphatic carbocycles. The van der Waals surface area contributed by atoms with Crippen LogP contribution in [0.4, 0.5) is 5.69 Å². The molecule has 0 unspecified atom stereocenters. The second-order valence-electron chi connectivity index (χ2n) is 3.95. The predicted octanol–water partition coefficient (Wildman–Crippen LogP) is 2.54. The number of carbonyl (C=O) groups is 2. The number of hydrogen-bond donors (Lipinski definition) is 3. The van der Waals surface area contributed by atoms with E-state index in [9.17, 15) is 9.59 Å². The molecule has 0 fully saturated rings. The number of thioether (sulfide) groups is 1. The Balaban J connectivity index is 1.80. The summed E-state index contributed by atoms with van der Waals surface area (Å²) in [5.74, 6) is -0.551. The molecule has 1 aromatic carbocycles. The van der Waals surface area contributed by atoms with E-state index in [4.69, 9.17) is 17.3 Å². The highest BCUT2D eigenvalue weighted by Crippen LogP contribution is 2.27. The van der Waals surface area contributed by atoms with Crippen LogP contribution < -0.4 is 16.6 Å². The molecule has 2 aromatic rings. The van der Waals surface area contributed by atoms with Crippen LogP contribution in [-0.4, -0.2) is 17.6 Å². The minimum Gasteiger partial charge on any atom is -0.398 e. The van der Waals surface area contributed by atoms with Gasteiger partial charge in [-0.15, -0.1) is 23.1 Å². The van der Waals surface area contributed by atoms with Crippen LogP contribution in [-0.2, 0) is 4.79 Å². The molecule has 5 nitrogen and oxygen atoms in total. The molecular weight excluding hydrogens is 330 g/mol. The largest absolute Gasteiger partial charge is 0.398 e. The van der Waals surface area contributed by atoms with Crippen molar-refractivity contribution in [1.29, 1.82) is 0 Å². The van der Waals surface area contributed by atoms with Crippen molar-refractivity contribution in [2.24, 2.45) is 0 Å². The SMILES string of the molecule is Nc1ccc(Cl)cc1SCC(=O)NNC(=O)c1cccs1. The molecule has 0 atom stereocenters. The van der Waals surface area contributed by atoms with Crippen LogP contribution >= 0.6 is 34.7 Å². The number of anilines is 1. The summed E-state index contributed by atoms with van der Waals surface area (Å²) >= 11 is 8.41. The minimum absolute atomic E-state index is 0.120. The summed E-state index contributed by atoms with van der Waals surface area (Å²) in [6, 6.07) is 8.50. The summed E-state index contributed by atoms with van der Waals surface area (Å²) in [6.07, 6.45) is 0. The molecule has 0 bridgehead atoms. The molecule has 0 radical (unpaired) electrons. The number of nitrogens with one attached hydrogen (secondary N) is 2. The van der Waals surface area contributed by atoms with Crippen LogP contribution in [0.15, 0.2) is 40.6 Å². The van der Waals surface area contributed by atoms with Crippen molar-refractivity contribution in [3.63, 3.8) is 0 Å². The molecule has 4 N–H and O–H groups in total. The number of halogens is 1. The molecular formula is C13H12ClN3O2S2. The molecule has 21 heavy (non-hydrogen) atoms. The van der Waals surface area contributed by atoms with E-state index in [0.29, 0.717) is 15.6 Å². The lowest BCUT2D eigenvalue weighted by Crippen LogP contribution is -2.42. The van der Waals surface area contributed by atoms with Gasteiger partial charge in [-0.3, -0.25) is 20.4 Å². The molecule has 110 valence electrons. The minimum atomic E-state index is -0.342. The fraction of sp³-hybridized carbons (Fsp3) is 0.0769. The van der Waals surface area contributed by atoms with E-state index in [2.05, 4.69) is 10.9 Å². The first kappa shape index (κ1) is 15.7. The van der Waals surface area contributed by atoms with Crippen molar-refractivity contribution in [3.05, 3.63) is 45.6 Å². The van der Waals surface area contributed by atoms with Crippen LogP contribution in [0, 0.1) is 0 Å². The Labute approximate surface area is 134 Å². The Hall–Kier alpha value is -1.70. The van der Waals surface area contributed by atoms with E-state index in [1.807, 2.05) is 0 Å². The molecule has 0 saturated heterocycles. The van der Waals surface area contributed by atoms with Crippen molar-refractivity contribution in [2.75, 3.05) is 11.5 Å². The van der Waals surface area contributed by atoms with Gasteiger partial charge in [0.05, 0.1) is 10.6 Å². The lowest BCUT2D eigenvalue weighted by molar-refractivity contribution is -0.119. The number of nitrogens with two attached hydrogens (primary N) is 1. The number of hydrazine groups is 1. The van der Waals surface area contributed by atoms with Gasteiger partial charge in [0.25, 0.3) is 5.91 Å². The summed E-state index contributed by atoms with van der Waals surface area (Å²) in [5, 5.41) is 2.34. The Morgan fingerprint density at radius 1 is 1.29 bits per heavy atom. The van der Waals surface area contributed by atoms with Gasteiger partial charge in [0.15, 0.2) is 0 Å². The normalized spacial score (nSPS) is 10.1. The topological polar surface area (TPSA) is 84.2 Å². The number of amides is 2. The molecule has 2 rings (SSSR count). The average Bonchev–Trinajstić information content (AvgIpc) is 3.00. The molecule has 1 heterocycles. The van der Waals surface area contributed by atoms with Crippen LogP contribution in [0.5, 0.6) is 0 Å². The third-order valence-electron chi connectivity index (χ3n) is 2.39. The van der Waals surface area contributed by atoms with Crippen molar-refractivity contribution < 1.29 is 9.59 Å². The second kappa shape index (κ2) is 7.35. The van der Waals surface area contributed by atoms with Crippen LogP contribution in [0.2, 0.25) is 5.02 Å². The van der Waals surface area contributed by atoms with Crippen molar-refractivity contribution in [2.45, 2.75) is 4.90 Å². The lowest BCUT2D eigenvalue weighted by atomic mass is 10.3. The Bertz CT molecular complexity index is 647. The highest BCUT2D eigenvalue weighted by atomic mass is 35.5. The number of thiophene rings is 1. The zero-order valence-electron chi connectivity index (χ0n) is 10.8. The van der Waals surface area contributed by atoms with Gasteiger partial charge in [-0.05, 0) is 29.6 Å². The Kier molecular flexibility index (Phi) is 5.49. The summed E-state index contributed by atoms with van der Waals surface area (Å²) in [4.78, 5) is 24.5. The van der Waals surface area contributed by atoms with E-state index in [1.54, 1.807) is 35.7 Å². The highest BCUT2D eigenvalue weighted by molar-refractivity contribution is 8.00. The molecule has 8 heteroatoms. The number of carbonyl (C=O) groups excluding carboxylic acids is 2. The number of nitrogen functional groups attached to an aromatic ring is 1. The smallest absolute Gasteiger partial charge is 0.279 e. The highest BCUT2D eigenvalue weighted by Gasteiger charge is 2.09. The van der Waals surface area contributed by atoms with Crippen molar-refractivity contribution in [3.8, 4) is 0 Å². The quantitative estimate of drug-likeness (QED) is 0.453. The van der Waals surface area contributed by atoms with Gasteiger partial charge in [-0.1, -0.05) is 17.7 Å². The van der Waals surface area contributed by atoms with Gasteiger partial charge in [0.2, 0.25) is 5.91 Å². The maximum absolute atomic E-state index is 11.7. The Morgan fingerprint density at radius 3 is 2.81 bits per heavy atom. The van der Waals surface area contributed by atoms with Gasteiger partial charge in [0, 0.05) is 15.6 Å². The maximum atomic E-state index is 11.7. The van der Waals surface area contributed by atoms with Gasteiger partial charge < -0.3 is 5.73 Å². The zero-order chi connectivity index (χ0) is 15.2. The van der Waals surface area contributed by atoms with E-state index < -0.39 is 0 Å². The summed E-state index contributed by atoms with van der Waals surface area (Å²) in [5.41, 5.74) is 11.0. The van der Waals surface area contributed by atoms with E-state index in [1.165, 1.54) is 23.1 Å². The van der Waals surface area contributed by atoms with E-state index in [0.717, 1.165) is 4.90 Å². The molecule has 0 saturated carbocycles. The third kappa shape index (κ3) is 4.66. The number of hydrogen-bond acceptors (Lipinski definition) is 5. The fourth-order valence-electron chi connectivity index (χ4n) is 1.41. The first-order chi connectivity index (χ1) is 10.1. The Morgan fingerprint density at radius 2 is 2.10 bits per heavy atom. The zero-order valence-corrected chi connectivity index (χ0v) is 13.1. The average molecular weight is 342 g/mol. The summed E-state index contributed by atoms with van der Waals surface area (Å²) in [6.45, 7) is 0. The molecule has 2 amide bonds. The lowest BCUT2D eigenvalue weighted by Gasteiger charge is -2.07. The fourth-order valence-corrected chi connectivity index (χ4v) is 3.07. The van der Waals surface area contributed by atoms with Crippen LogP contribution in [0.1, 0.15) is 9.67 Å². The second-order valence-corrected chi connectivity index (χ2v) is 6.35. The van der Waals surface area contributed by atoms with E-state index in [-0.39, 0.29) is 17.6 Å². The third-order valence-corrected chi connectivity index (χ3v) is 4.57. The molecule has 0 aliphatic rings. The predicted molar refractivity (Wildman–Crippen MR) is 86.5 cm³/mol. The summed E-state index contributed by atoms with van der Waals surface area (Å²) < 4.78 is 0. The molecule has 0 aliphatic heterocycles. The van der Waals surface area contributed by atoms with Gasteiger partial charge in [0.1, 0.15) is 0 Å². The molecule has 1 aromatic heterocycles. The van der Waals surface area contributed by atoms with Gasteiger partial charge >= 0.3 is 0 Å². The number of rotatable bonds is 4. The standard InChI is InChI=1S/C13H12ClN3O2S2/c14-8-3-4-9(15)11(6-8)21-7-12(18)16-17-13(19)10-2-1-5-20-10/h1-6H,7,15H2,(H,16,18)(H,17,19). The van der Waals surface area contributed by atoms with Crippen molar-refractivity contribution in [1.82, 2.24) is 10.9 Å². The van der Waals surface area contributed by atoms with E-state index >= 15 is 0 Å². The van der Waals surface area contributed by atoms with Crippen LogP contribution in [0.3, 0.4) is 0 Å². The van der Waals surface area contributed by atoms with Crippen LogP contribution in [0.25, 0.3) is 0 Å². The molecule has 0 spiro atoms. The number of benzene rings is 1. The van der Waals surface area contributed by atoms with Gasteiger partial charge in [-0.2, -0.15) is 0 Å². The maximum Gasteiger partial charge on any atom is 0.279 e. The first-order valence-corrected chi connectivity index (χ1v) is 8.11. The van der Waals surface area contributed by atoms with Crippen molar-refractivity contribution >= 4 is 52.2 Å². The first-order valence-electron chi connectivity index (χ1n) is 5.87. The van der Waals surface area contributed by atoms with Gasteiger partial charge in [-0.25, -0.2) is 0 Å².